The van der Waals surface area contributed by atoms with Crippen LogP contribution in [0.5, 0.6) is 0 Å². The number of nitroso groups, excluding NO2 is 1. The van der Waals surface area contributed by atoms with Crippen LogP contribution in [0.2, 0.25) is 0 Å². The van der Waals surface area contributed by atoms with Crippen LogP contribution in [0.4, 0.5) is 0 Å². The number of ether oxygens (including phenoxy) is 1. The molecule has 2 rings (SSSR count). The van der Waals surface area contributed by atoms with E-state index in [-0.39, 0.29) is 17.9 Å². The van der Waals surface area contributed by atoms with E-state index < -0.39 is 26.8 Å². The van der Waals surface area contributed by atoms with Gasteiger partial charge in [-0.15, -0.1) is 4.91 Å². The number of sulfonamides is 1. The van der Waals surface area contributed by atoms with Crippen LogP contribution < -0.4 is 10.0 Å². The number of benzene rings is 1. The molecule has 1 aromatic carbocycles. The minimum absolute atomic E-state index is 0.0647. The van der Waals surface area contributed by atoms with Crippen molar-refractivity contribution in [2.75, 3.05) is 19.7 Å². The molecular weight excluding hydrogens is 378 g/mol. The fourth-order valence-electron chi connectivity index (χ4n) is 2.94. The van der Waals surface area contributed by atoms with Gasteiger partial charge in [-0.25, -0.2) is 8.42 Å². The van der Waals surface area contributed by atoms with Crippen LogP contribution in [0.15, 0.2) is 39.8 Å². The van der Waals surface area contributed by atoms with Crippen LogP contribution in [0.3, 0.4) is 0 Å². The van der Waals surface area contributed by atoms with E-state index in [0.717, 1.165) is 11.9 Å². The van der Waals surface area contributed by atoms with Crippen LogP contribution in [0.25, 0.3) is 0 Å². The van der Waals surface area contributed by atoms with Crippen molar-refractivity contribution in [2.24, 2.45) is 4.58 Å². The highest BCUT2D eigenvalue weighted by Crippen LogP contribution is 2.39. The predicted octanol–water partition coefficient (Wildman–Crippen LogP) is 1.82. The van der Waals surface area contributed by atoms with Crippen molar-refractivity contribution in [3.05, 3.63) is 35.2 Å². The van der Waals surface area contributed by atoms with E-state index in [9.17, 15) is 18.1 Å². The number of hydrogen-bond acceptors (Lipinski definition) is 8. The molecule has 0 radical (unpaired) electrons. The SMILES string of the molecule is CCOC(=O)C(CC1(SN=O)CCNCC1)NS(=O)(=O)c1ccccc1. The van der Waals surface area contributed by atoms with Gasteiger partial charge in [-0.2, -0.15) is 4.72 Å². The Balaban J connectivity index is 2.25. The van der Waals surface area contributed by atoms with E-state index in [0.29, 0.717) is 25.9 Å². The van der Waals surface area contributed by atoms with E-state index in [1.54, 1.807) is 25.1 Å². The van der Waals surface area contributed by atoms with Crippen molar-refractivity contribution in [2.45, 2.75) is 41.9 Å². The average molecular weight is 402 g/mol. The first-order valence-corrected chi connectivity index (χ1v) is 10.6. The van der Waals surface area contributed by atoms with Gasteiger partial charge in [0.05, 0.1) is 11.5 Å². The minimum Gasteiger partial charge on any atom is -0.465 e. The van der Waals surface area contributed by atoms with Gasteiger partial charge in [0.25, 0.3) is 0 Å². The van der Waals surface area contributed by atoms with Crippen molar-refractivity contribution in [1.82, 2.24) is 10.0 Å². The molecule has 1 aliphatic heterocycles. The summed E-state index contributed by atoms with van der Waals surface area (Å²) < 4.78 is 35.1. The molecule has 1 unspecified atom stereocenters. The molecule has 144 valence electrons. The predicted molar refractivity (Wildman–Crippen MR) is 100 cm³/mol. The number of carbonyl (C=O) groups excluding carboxylic acids is 1. The average Bonchev–Trinajstić information content (AvgIpc) is 2.63. The summed E-state index contributed by atoms with van der Waals surface area (Å²) >= 11 is 0.872. The number of rotatable bonds is 9. The molecule has 1 aliphatic rings. The lowest BCUT2D eigenvalue weighted by molar-refractivity contribution is -0.145. The van der Waals surface area contributed by atoms with Crippen LogP contribution in [0, 0.1) is 4.91 Å². The summed E-state index contributed by atoms with van der Waals surface area (Å²) in [6.07, 6.45) is 1.34. The van der Waals surface area contributed by atoms with Crippen molar-refractivity contribution in [3.8, 4) is 0 Å². The zero-order valence-electron chi connectivity index (χ0n) is 14.5. The second kappa shape index (κ2) is 9.45. The molecule has 0 bridgehead atoms. The number of piperidine rings is 1. The third-order valence-electron chi connectivity index (χ3n) is 4.24. The molecule has 2 N–H and O–H groups in total. The molecule has 0 amide bonds. The summed E-state index contributed by atoms with van der Waals surface area (Å²) in [7, 11) is -3.90. The Bertz CT molecular complexity index is 706. The maximum atomic E-state index is 12.6. The van der Waals surface area contributed by atoms with Crippen molar-refractivity contribution in [3.63, 3.8) is 0 Å². The Labute approximate surface area is 157 Å². The Morgan fingerprint density at radius 3 is 2.58 bits per heavy atom. The fraction of sp³-hybridized carbons (Fsp3) is 0.562. The first-order chi connectivity index (χ1) is 12.4. The highest BCUT2D eigenvalue weighted by atomic mass is 32.2. The highest BCUT2D eigenvalue weighted by molar-refractivity contribution is 7.99. The van der Waals surface area contributed by atoms with Gasteiger partial charge in [-0.1, -0.05) is 18.2 Å². The zero-order valence-corrected chi connectivity index (χ0v) is 16.1. The number of nitrogens with one attached hydrogen (secondary N) is 2. The van der Waals surface area contributed by atoms with Crippen LogP contribution >= 0.6 is 11.9 Å². The highest BCUT2D eigenvalue weighted by Gasteiger charge is 2.40. The Kier molecular flexibility index (Phi) is 7.56. The molecule has 1 fully saturated rings. The standard InChI is InChI=1S/C16H23N3O5S2/c1-2-24-15(20)14(12-16(25-19-21)8-10-17-11-9-16)18-26(22,23)13-6-4-3-5-7-13/h3-7,14,17-18H,2,8-12H2,1H3. The van der Waals surface area contributed by atoms with Gasteiger partial charge >= 0.3 is 5.97 Å². The fourth-order valence-corrected chi connectivity index (χ4v) is 4.93. The molecule has 1 aromatic rings. The molecule has 26 heavy (non-hydrogen) atoms. The van der Waals surface area contributed by atoms with Gasteiger partial charge in [0.1, 0.15) is 6.04 Å². The third-order valence-corrected chi connectivity index (χ3v) is 6.77. The van der Waals surface area contributed by atoms with E-state index in [1.165, 1.54) is 12.1 Å². The Morgan fingerprint density at radius 2 is 2.00 bits per heavy atom. The minimum atomic E-state index is -3.90. The second-order valence-corrected chi connectivity index (χ2v) is 8.95. The summed E-state index contributed by atoms with van der Waals surface area (Å²) in [5.74, 6) is -0.656. The summed E-state index contributed by atoms with van der Waals surface area (Å²) in [6.45, 7) is 3.13. The first-order valence-electron chi connectivity index (χ1n) is 8.38. The Hall–Kier alpha value is -1.49. The lowest BCUT2D eigenvalue weighted by Gasteiger charge is -2.36. The summed E-state index contributed by atoms with van der Waals surface area (Å²) in [5.41, 5.74) is 0. The van der Waals surface area contributed by atoms with Gasteiger partial charge in [-0.3, -0.25) is 4.79 Å². The van der Waals surface area contributed by atoms with E-state index in [2.05, 4.69) is 14.6 Å². The molecule has 1 saturated heterocycles. The second-order valence-electron chi connectivity index (χ2n) is 6.04. The Morgan fingerprint density at radius 1 is 1.35 bits per heavy atom. The maximum Gasteiger partial charge on any atom is 0.324 e. The van der Waals surface area contributed by atoms with Crippen molar-refractivity contribution < 1.29 is 17.9 Å². The van der Waals surface area contributed by atoms with E-state index in [1.807, 2.05) is 0 Å². The summed E-state index contributed by atoms with van der Waals surface area (Å²) in [6, 6.07) is 6.73. The van der Waals surface area contributed by atoms with Gasteiger partial charge in [0.2, 0.25) is 10.0 Å². The van der Waals surface area contributed by atoms with Crippen LogP contribution in [-0.2, 0) is 19.6 Å². The monoisotopic (exact) mass is 401 g/mol. The van der Waals surface area contributed by atoms with Crippen LogP contribution in [0.1, 0.15) is 26.2 Å². The molecule has 1 heterocycles. The quantitative estimate of drug-likeness (QED) is 0.368. The molecule has 8 nitrogen and oxygen atoms in total. The first kappa shape index (κ1) is 20.8. The van der Waals surface area contributed by atoms with Crippen LogP contribution in [-0.4, -0.2) is 44.9 Å². The molecule has 10 heteroatoms. The van der Waals surface area contributed by atoms with Crippen molar-refractivity contribution in [1.29, 1.82) is 0 Å². The number of nitrogens with zero attached hydrogens (tertiary/aromatic N) is 1. The number of carbonyl (C=O) groups is 1. The van der Waals surface area contributed by atoms with Gasteiger partial charge in [-0.05, 0) is 51.4 Å². The maximum absolute atomic E-state index is 12.6. The topological polar surface area (TPSA) is 114 Å². The van der Waals surface area contributed by atoms with Gasteiger partial charge < -0.3 is 10.1 Å². The summed E-state index contributed by atoms with van der Waals surface area (Å²) in [5, 5.41) is 3.19. The molecule has 0 aromatic heterocycles. The molecule has 0 aliphatic carbocycles. The van der Waals surface area contributed by atoms with Gasteiger partial charge in [0.15, 0.2) is 0 Å². The third kappa shape index (κ3) is 5.50. The lowest BCUT2D eigenvalue weighted by Crippen LogP contribution is -2.49. The largest absolute Gasteiger partial charge is 0.465 e. The molecule has 1 atom stereocenters. The molecule has 0 spiro atoms. The number of esters is 1. The smallest absolute Gasteiger partial charge is 0.324 e. The van der Waals surface area contributed by atoms with Crippen molar-refractivity contribution >= 4 is 27.9 Å². The summed E-state index contributed by atoms with van der Waals surface area (Å²) in [4.78, 5) is 23.4. The normalized spacial score (nSPS) is 18.0. The lowest BCUT2D eigenvalue weighted by atomic mass is 9.90. The molecular formula is C16H23N3O5S2. The molecule has 0 saturated carbocycles. The van der Waals surface area contributed by atoms with Gasteiger partial charge in [0, 0.05) is 21.3 Å². The van der Waals surface area contributed by atoms with E-state index in [4.69, 9.17) is 4.74 Å². The van der Waals surface area contributed by atoms with E-state index >= 15 is 0 Å². The zero-order chi connectivity index (χ0) is 19.0. The number of hydrogen-bond donors (Lipinski definition) is 2.